The van der Waals surface area contributed by atoms with E-state index in [4.69, 9.17) is 28.0 Å². The van der Waals surface area contributed by atoms with Crippen LogP contribution in [0.4, 0.5) is 10.5 Å². The Hall–Kier alpha value is -2.59. The van der Waals surface area contributed by atoms with Gasteiger partial charge in [-0.15, -0.1) is 5.10 Å². The molecule has 0 aliphatic rings. The molecule has 0 unspecified atom stereocenters. The highest BCUT2D eigenvalue weighted by Gasteiger charge is 2.17. The Morgan fingerprint density at radius 2 is 2.00 bits per heavy atom. The first-order valence-corrected chi connectivity index (χ1v) is 8.94. The Labute approximate surface area is 168 Å². The number of hydrazine groups is 2. The van der Waals surface area contributed by atoms with Crippen molar-refractivity contribution < 1.29 is 9.53 Å². The summed E-state index contributed by atoms with van der Waals surface area (Å²) in [5, 5.41) is 5.64. The standard InChI is InChI=1S/C17H16BrClN6O2/c18-11-4-6-12(7-5-11)24-9-8-16(23-24)27-10-13-14(19)2-1-3-15(13)25(21)17(26)22-20/h1-9H,10,20-21H2,(H,22,26). The normalized spacial score (nSPS) is 10.5. The maximum atomic E-state index is 11.7. The second-order valence-electron chi connectivity index (χ2n) is 5.42. The number of rotatable bonds is 5. The van der Waals surface area contributed by atoms with Crippen LogP contribution in [-0.4, -0.2) is 15.8 Å². The molecular weight excluding hydrogens is 436 g/mol. The van der Waals surface area contributed by atoms with Gasteiger partial charge in [-0.3, -0.25) is 5.43 Å². The van der Waals surface area contributed by atoms with Crippen molar-refractivity contribution in [2.24, 2.45) is 11.7 Å². The number of ether oxygens (including phenoxy) is 1. The van der Waals surface area contributed by atoms with Crippen LogP contribution in [-0.2, 0) is 6.61 Å². The lowest BCUT2D eigenvalue weighted by Gasteiger charge is -2.20. The van der Waals surface area contributed by atoms with Crippen LogP contribution in [0, 0.1) is 0 Å². The van der Waals surface area contributed by atoms with Gasteiger partial charge in [0, 0.05) is 27.3 Å². The van der Waals surface area contributed by atoms with Crippen molar-refractivity contribution >= 4 is 39.2 Å². The van der Waals surface area contributed by atoms with Gasteiger partial charge in [-0.25, -0.2) is 26.2 Å². The molecule has 0 radical (unpaired) electrons. The van der Waals surface area contributed by atoms with Crippen molar-refractivity contribution in [2.45, 2.75) is 6.61 Å². The van der Waals surface area contributed by atoms with Crippen LogP contribution in [0.25, 0.3) is 5.69 Å². The molecule has 8 nitrogen and oxygen atoms in total. The van der Waals surface area contributed by atoms with E-state index < -0.39 is 6.03 Å². The lowest BCUT2D eigenvalue weighted by molar-refractivity contribution is 0.246. The van der Waals surface area contributed by atoms with E-state index in [1.807, 2.05) is 29.7 Å². The van der Waals surface area contributed by atoms with E-state index in [1.54, 1.807) is 35.1 Å². The first kappa shape index (κ1) is 19.2. The van der Waals surface area contributed by atoms with Crippen molar-refractivity contribution in [1.82, 2.24) is 15.2 Å². The topological polar surface area (TPSA) is 111 Å². The smallest absolute Gasteiger partial charge is 0.350 e. The summed E-state index contributed by atoms with van der Waals surface area (Å²) in [6.07, 6.45) is 1.78. The average Bonchev–Trinajstić information content (AvgIpc) is 3.15. The first-order valence-electron chi connectivity index (χ1n) is 7.77. The quantitative estimate of drug-likeness (QED) is 0.313. The summed E-state index contributed by atoms with van der Waals surface area (Å²) in [4.78, 5) is 11.7. The molecule has 0 spiro atoms. The number of anilines is 1. The molecule has 5 N–H and O–H groups in total. The van der Waals surface area contributed by atoms with Gasteiger partial charge < -0.3 is 4.74 Å². The van der Waals surface area contributed by atoms with Crippen LogP contribution in [0.15, 0.2) is 59.2 Å². The summed E-state index contributed by atoms with van der Waals surface area (Å²) in [5.74, 6) is 11.3. The number of nitrogens with zero attached hydrogens (tertiary/aromatic N) is 3. The molecular formula is C17H16BrClN6O2. The summed E-state index contributed by atoms with van der Waals surface area (Å²) in [6.45, 7) is 0.0674. The lowest BCUT2D eigenvalue weighted by atomic mass is 10.2. The fraction of sp³-hybridized carbons (Fsp3) is 0.0588. The zero-order valence-electron chi connectivity index (χ0n) is 14.0. The molecule has 2 amide bonds. The number of carbonyl (C=O) groups excluding carboxylic acids is 1. The van der Waals surface area contributed by atoms with E-state index in [-0.39, 0.29) is 6.61 Å². The largest absolute Gasteiger partial charge is 0.472 e. The summed E-state index contributed by atoms with van der Waals surface area (Å²) in [7, 11) is 0. The molecule has 1 aromatic heterocycles. The molecule has 27 heavy (non-hydrogen) atoms. The number of aromatic nitrogens is 2. The lowest BCUT2D eigenvalue weighted by Crippen LogP contribution is -2.48. The summed E-state index contributed by atoms with van der Waals surface area (Å²) >= 11 is 9.65. The third-order valence-electron chi connectivity index (χ3n) is 3.72. The number of hydrogen-bond donors (Lipinski definition) is 3. The number of hydrogen-bond acceptors (Lipinski definition) is 5. The fourth-order valence-corrected chi connectivity index (χ4v) is 2.85. The van der Waals surface area contributed by atoms with Gasteiger partial charge in [0.1, 0.15) is 6.61 Å². The Bertz CT molecular complexity index is 947. The SMILES string of the molecule is NNC(=O)N(N)c1cccc(Cl)c1COc1ccn(-c2ccc(Br)cc2)n1. The summed E-state index contributed by atoms with van der Waals surface area (Å²) < 4.78 is 8.40. The molecule has 2 aromatic carbocycles. The molecule has 140 valence electrons. The summed E-state index contributed by atoms with van der Waals surface area (Å²) in [5.41, 5.74) is 3.76. The zero-order valence-corrected chi connectivity index (χ0v) is 16.3. The molecule has 0 fully saturated rings. The molecule has 0 saturated heterocycles. The van der Waals surface area contributed by atoms with Gasteiger partial charge >= 0.3 is 6.03 Å². The maximum Gasteiger partial charge on any atom is 0.350 e. The van der Waals surface area contributed by atoms with E-state index in [2.05, 4.69) is 21.0 Å². The van der Waals surface area contributed by atoms with Crippen LogP contribution >= 0.6 is 27.5 Å². The third kappa shape index (κ3) is 4.40. The van der Waals surface area contributed by atoms with Gasteiger partial charge in [-0.05, 0) is 36.4 Å². The maximum absolute atomic E-state index is 11.7. The number of halogens is 2. The van der Waals surface area contributed by atoms with Gasteiger partial charge in [0.05, 0.1) is 11.4 Å². The molecule has 10 heteroatoms. The van der Waals surface area contributed by atoms with Gasteiger partial charge in [0.15, 0.2) is 0 Å². The molecule has 0 atom stereocenters. The highest BCUT2D eigenvalue weighted by Crippen LogP contribution is 2.27. The Morgan fingerprint density at radius 1 is 1.26 bits per heavy atom. The van der Waals surface area contributed by atoms with Crippen molar-refractivity contribution in [2.75, 3.05) is 5.01 Å². The number of carbonyl (C=O) groups is 1. The highest BCUT2D eigenvalue weighted by atomic mass is 79.9. The molecule has 0 bridgehead atoms. The van der Waals surface area contributed by atoms with Crippen molar-refractivity contribution in [3.05, 3.63) is 69.8 Å². The van der Waals surface area contributed by atoms with Crippen molar-refractivity contribution in [3.63, 3.8) is 0 Å². The van der Waals surface area contributed by atoms with Crippen molar-refractivity contribution in [3.8, 4) is 11.6 Å². The molecule has 3 rings (SSSR count). The number of benzene rings is 2. The third-order valence-corrected chi connectivity index (χ3v) is 4.60. The first-order chi connectivity index (χ1) is 13.0. The minimum atomic E-state index is -0.682. The second kappa shape index (κ2) is 8.40. The van der Waals surface area contributed by atoms with E-state index in [1.165, 1.54) is 0 Å². The van der Waals surface area contributed by atoms with Gasteiger partial charge in [0.25, 0.3) is 0 Å². The van der Waals surface area contributed by atoms with E-state index >= 15 is 0 Å². The van der Waals surface area contributed by atoms with Gasteiger partial charge in [-0.2, -0.15) is 0 Å². The minimum absolute atomic E-state index is 0.0674. The average molecular weight is 452 g/mol. The van der Waals surface area contributed by atoms with Crippen LogP contribution in [0.5, 0.6) is 5.88 Å². The second-order valence-corrected chi connectivity index (χ2v) is 6.74. The predicted octanol–water partition coefficient (Wildman–Crippen LogP) is 3.13. The Morgan fingerprint density at radius 3 is 2.70 bits per heavy atom. The number of amides is 2. The number of urea groups is 1. The number of nitrogens with one attached hydrogen (secondary N) is 1. The molecule has 1 heterocycles. The summed E-state index contributed by atoms with van der Waals surface area (Å²) in [6, 6.07) is 13.7. The fourth-order valence-electron chi connectivity index (χ4n) is 2.36. The van der Waals surface area contributed by atoms with Crippen LogP contribution in [0.1, 0.15) is 5.56 Å². The Kier molecular flexibility index (Phi) is 5.97. The van der Waals surface area contributed by atoms with Gasteiger partial charge in [0.2, 0.25) is 5.88 Å². The monoisotopic (exact) mass is 450 g/mol. The molecule has 3 aromatic rings. The molecule has 0 aliphatic heterocycles. The minimum Gasteiger partial charge on any atom is -0.472 e. The van der Waals surface area contributed by atoms with Crippen LogP contribution in [0.2, 0.25) is 5.02 Å². The molecule has 0 saturated carbocycles. The van der Waals surface area contributed by atoms with E-state index in [0.717, 1.165) is 15.2 Å². The van der Waals surface area contributed by atoms with Crippen LogP contribution < -0.4 is 26.9 Å². The highest BCUT2D eigenvalue weighted by molar-refractivity contribution is 9.10. The number of nitrogens with two attached hydrogens (primary N) is 2. The van der Waals surface area contributed by atoms with E-state index in [0.29, 0.717) is 22.2 Å². The molecule has 0 aliphatic carbocycles. The Balaban J connectivity index is 1.77. The zero-order chi connectivity index (χ0) is 19.4. The predicted molar refractivity (Wildman–Crippen MR) is 106 cm³/mol. The van der Waals surface area contributed by atoms with Crippen molar-refractivity contribution in [1.29, 1.82) is 0 Å². The van der Waals surface area contributed by atoms with Crippen LogP contribution in [0.3, 0.4) is 0 Å². The van der Waals surface area contributed by atoms with Gasteiger partial charge in [-0.1, -0.05) is 33.6 Å². The van der Waals surface area contributed by atoms with E-state index in [9.17, 15) is 4.79 Å².